The molecule has 2 heteroatoms. The van der Waals surface area contributed by atoms with E-state index in [-0.39, 0.29) is 21.7 Å². The molecule has 0 radical (unpaired) electrons. The number of hydrogen-bond donors (Lipinski definition) is 0. The molecule has 0 saturated carbocycles. The number of rotatable bonds is 0. The lowest BCUT2D eigenvalue weighted by molar-refractivity contribution is 0.588. The topological polar surface area (TPSA) is 0 Å². The lowest BCUT2D eigenvalue weighted by Gasteiger charge is -2.24. The maximum absolute atomic E-state index is 2.56. The Morgan fingerprint density at radius 1 is 0.333 bits per heavy atom. The van der Waals surface area contributed by atoms with Crippen LogP contribution in [-0.4, -0.2) is 0 Å². The molecule has 1 heterocycles. The fourth-order valence-electron chi connectivity index (χ4n) is 7.87. The van der Waals surface area contributed by atoms with E-state index in [2.05, 4.69) is 155 Å². The van der Waals surface area contributed by atoms with E-state index < -0.39 is 0 Å². The lowest BCUT2D eigenvalue weighted by atomic mass is 9.82. The first-order valence-corrected chi connectivity index (χ1v) is 20.4. The average molecular weight is 673 g/mol. The van der Waals surface area contributed by atoms with Crippen LogP contribution in [0.25, 0.3) is 22.3 Å². The second kappa shape index (κ2) is 11.6. The van der Waals surface area contributed by atoms with Gasteiger partial charge in [0.05, 0.1) is 0 Å². The Bertz CT molecular complexity index is 1660. The van der Waals surface area contributed by atoms with E-state index in [0.29, 0.717) is 0 Å². The monoisotopic (exact) mass is 672 g/mol. The SMILES string of the molecule is CC(C)(C)c1cc2c3c(c1)-c1cc(C(C)(C)C)cc(c1C3)CSCc1cc(C(C)(C)C)cc3c1Cc1c(cc(C(C)(C)C)cc1-3)CSC2. The molecular weight excluding hydrogens is 617 g/mol. The zero-order valence-electron chi connectivity index (χ0n) is 31.7. The van der Waals surface area contributed by atoms with Gasteiger partial charge in [0.15, 0.2) is 0 Å². The van der Waals surface area contributed by atoms with Gasteiger partial charge in [0.2, 0.25) is 0 Å². The number of hydrogen-bond acceptors (Lipinski definition) is 2. The fraction of sp³-hybridized carbons (Fsp3) is 0.478. The summed E-state index contributed by atoms with van der Waals surface area (Å²) >= 11 is 4.25. The van der Waals surface area contributed by atoms with Crippen molar-refractivity contribution in [1.29, 1.82) is 0 Å². The maximum atomic E-state index is 2.56. The summed E-state index contributed by atoms with van der Waals surface area (Å²) < 4.78 is 0. The molecular formula is C46H56S2. The Hall–Kier alpha value is -2.42. The molecule has 1 aliphatic heterocycles. The highest BCUT2D eigenvalue weighted by Crippen LogP contribution is 2.49. The smallest absolute Gasteiger partial charge is 0.0191 e. The molecule has 0 amide bonds. The van der Waals surface area contributed by atoms with Gasteiger partial charge in [0, 0.05) is 23.0 Å². The summed E-state index contributed by atoms with van der Waals surface area (Å²) in [6.45, 7) is 28.5. The van der Waals surface area contributed by atoms with Gasteiger partial charge < -0.3 is 0 Å². The first-order valence-electron chi connectivity index (χ1n) is 18.1. The van der Waals surface area contributed by atoms with Crippen molar-refractivity contribution in [1.82, 2.24) is 0 Å². The van der Waals surface area contributed by atoms with Crippen molar-refractivity contribution in [2.75, 3.05) is 0 Å². The van der Waals surface area contributed by atoms with Gasteiger partial charge in [-0.25, -0.2) is 0 Å². The Morgan fingerprint density at radius 3 is 0.729 bits per heavy atom. The summed E-state index contributed by atoms with van der Waals surface area (Å²) in [6.07, 6.45) is 2.13. The summed E-state index contributed by atoms with van der Waals surface area (Å²) in [7, 11) is 0. The molecule has 0 saturated heterocycles. The van der Waals surface area contributed by atoms with E-state index in [4.69, 9.17) is 0 Å². The van der Waals surface area contributed by atoms with E-state index in [1.54, 1.807) is 44.5 Å². The largest absolute Gasteiger partial charge is 0.152 e. The van der Waals surface area contributed by atoms with Gasteiger partial charge >= 0.3 is 0 Å². The van der Waals surface area contributed by atoms with Crippen LogP contribution in [0.15, 0.2) is 48.5 Å². The van der Waals surface area contributed by atoms with Gasteiger partial charge in [0.1, 0.15) is 0 Å². The van der Waals surface area contributed by atoms with Gasteiger partial charge in [-0.1, -0.05) is 132 Å². The van der Waals surface area contributed by atoms with Crippen LogP contribution in [0.3, 0.4) is 0 Å². The van der Waals surface area contributed by atoms with Gasteiger partial charge in [-0.05, 0) is 124 Å². The minimum Gasteiger partial charge on any atom is -0.152 e. The molecule has 48 heavy (non-hydrogen) atoms. The van der Waals surface area contributed by atoms with Crippen LogP contribution in [-0.2, 0) is 57.5 Å². The van der Waals surface area contributed by atoms with E-state index >= 15 is 0 Å². The molecule has 0 spiro atoms. The normalized spacial score (nSPS) is 16.1. The van der Waals surface area contributed by atoms with Crippen molar-refractivity contribution in [2.45, 2.75) is 141 Å². The first kappa shape index (κ1) is 34.0. The average Bonchev–Trinajstić information content (AvgIpc) is 3.54. The Kier molecular flexibility index (Phi) is 8.20. The van der Waals surface area contributed by atoms with E-state index in [9.17, 15) is 0 Å². The summed E-state index contributed by atoms with van der Waals surface area (Å²) in [5.74, 6) is 4.21. The molecule has 0 nitrogen and oxygen atoms in total. The molecule has 252 valence electrons. The summed E-state index contributed by atoms with van der Waals surface area (Å²) in [6, 6.07) is 20.4. The van der Waals surface area contributed by atoms with Gasteiger partial charge in [-0.2, -0.15) is 23.5 Å². The molecule has 4 aromatic carbocycles. The van der Waals surface area contributed by atoms with Crippen molar-refractivity contribution < 1.29 is 0 Å². The molecule has 0 N–H and O–H groups in total. The zero-order valence-corrected chi connectivity index (χ0v) is 33.3. The summed E-state index contributed by atoms with van der Waals surface area (Å²) in [4.78, 5) is 0. The third-order valence-corrected chi connectivity index (χ3v) is 13.2. The van der Waals surface area contributed by atoms with E-state index in [1.807, 2.05) is 0 Å². The predicted molar refractivity (Wildman–Crippen MR) is 214 cm³/mol. The number of benzene rings is 4. The molecule has 0 fully saturated rings. The van der Waals surface area contributed by atoms with Gasteiger partial charge in [-0.15, -0.1) is 0 Å². The van der Waals surface area contributed by atoms with Crippen molar-refractivity contribution in [3.05, 3.63) is 115 Å². The lowest BCUT2D eigenvalue weighted by Crippen LogP contribution is -2.13. The molecule has 3 aliphatic rings. The van der Waals surface area contributed by atoms with Crippen molar-refractivity contribution >= 4 is 23.5 Å². The van der Waals surface area contributed by atoms with Crippen LogP contribution in [0.5, 0.6) is 0 Å². The third kappa shape index (κ3) is 6.12. The van der Waals surface area contributed by atoms with Crippen LogP contribution in [0.1, 0.15) is 150 Å². The molecule has 4 aromatic rings. The second-order valence-corrected chi connectivity index (χ2v) is 21.0. The van der Waals surface area contributed by atoms with E-state index in [0.717, 1.165) is 35.9 Å². The van der Waals surface area contributed by atoms with Crippen LogP contribution in [0.4, 0.5) is 0 Å². The minimum atomic E-state index is 0.104. The quantitative estimate of drug-likeness (QED) is 0.157. The molecule has 0 aromatic heterocycles. The van der Waals surface area contributed by atoms with E-state index in [1.165, 1.54) is 44.5 Å². The highest BCUT2D eigenvalue weighted by atomic mass is 32.2. The molecule has 7 rings (SSSR count). The minimum absolute atomic E-state index is 0.104. The predicted octanol–water partition coefficient (Wildman–Crippen LogP) is 13.2. The van der Waals surface area contributed by atoms with Crippen LogP contribution in [0.2, 0.25) is 0 Å². The molecule has 2 aliphatic carbocycles. The van der Waals surface area contributed by atoms with Gasteiger partial charge in [-0.3, -0.25) is 0 Å². The second-order valence-electron chi connectivity index (χ2n) is 19.0. The Morgan fingerprint density at radius 2 is 0.542 bits per heavy atom. The molecule has 4 bridgehead atoms. The highest BCUT2D eigenvalue weighted by Gasteiger charge is 2.32. The van der Waals surface area contributed by atoms with Gasteiger partial charge in [0.25, 0.3) is 0 Å². The number of thioether (sulfide) groups is 2. The van der Waals surface area contributed by atoms with Crippen molar-refractivity contribution in [2.24, 2.45) is 0 Å². The zero-order chi connectivity index (χ0) is 34.6. The Labute approximate surface area is 300 Å². The van der Waals surface area contributed by atoms with Crippen LogP contribution >= 0.6 is 23.5 Å². The van der Waals surface area contributed by atoms with Crippen molar-refractivity contribution in [3.63, 3.8) is 0 Å². The standard InChI is InChI=1S/C46H56S2/c1-43(2,3)31-13-27-23-47-24-29-15-33(45(7,8)9)19-41-37(29)22-38-30(16-34(20-42(38)41)46(10,11)12)26-48-25-28-14-32(44(4,5)6)18-40-36(28)21-35(27)39(40)17-31/h13-20H,21-26H2,1-12H3. The van der Waals surface area contributed by atoms with Crippen LogP contribution < -0.4 is 0 Å². The molecule has 0 atom stereocenters. The van der Waals surface area contributed by atoms with Crippen molar-refractivity contribution in [3.8, 4) is 22.3 Å². The fourth-order valence-corrected chi connectivity index (χ4v) is 9.98. The third-order valence-electron chi connectivity index (χ3n) is 11.2. The summed E-state index contributed by atoms with van der Waals surface area (Å²) in [5.41, 5.74) is 24.8. The maximum Gasteiger partial charge on any atom is 0.0191 e. The summed E-state index contributed by atoms with van der Waals surface area (Å²) in [5, 5.41) is 0. The molecule has 0 unspecified atom stereocenters. The first-order chi connectivity index (χ1) is 22.3. The highest BCUT2D eigenvalue weighted by molar-refractivity contribution is 7.98. The van der Waals surface area contributed by atoms with Crippen LogP contribution in [0, 0.1) is 0 Å². The number of fused-ring (bicyclic) bond motifs is 2. The Balaban J connectivity index is 1.43.